The van der Waals surface area contributed by atoms with Gasteiger partial charge in [-0.3, -0.25) is 4.79 Å². The molecule has 1 heterocycles. The number of allylic oxidation sites excluding steroid dienone is 1. The van der Waals surface area contributed by atoms with E-state index in [0.29, 0.717) is 12.5 Å². The number of carbonyl (C=O) groups excluding carboxylic acids is 1. The molecule has 2 nitrogen and oxygen atoms in total. The number of ether oxygens (including phenoxy) is 1. The van der Waals surface area contributed by atoms with E-state index >= 15 is 0 Å². The lowest BCUT2D eigenvalue weighted by molar-refractivity contribution is -0.129. The van der Waals surface area contributed by atoms with Crippen molar-refractivity contribution < 1.29 is 9.53 Å². The van der Waals surface area contributed by atoms with Crippen LogP contribution in [0.3, 0.4) is 0 Å². The van der Waals surface area contributed by atoms with E-state index in [-0.39, 0.29) is 16.8 Å². The van der Waals surface area contributed by atoms with Gasteiger partial charge in [0.25, 0.3) is 0 Å². The van der Waals surface area contributed by atoms with Crippen LogP contribution in [-0.4, -0.2) is 17.5 Å². The zero-order valence-corrected chi connectivity index (χ0v) is 10.1. The number of ketones is 1. The van der Waals surface area contributed by atoms with Gasteiger partial charge in [0.1, 0.15) is 0 Å². The van der Waals surface area contributed by atoms with E-state index in [2.05, 4.69) is 20.8 Å². The van der Waals surface area contributed by atoms with Gasteiger partial charge >= 0.3 is 0 Å². The van der Waals surface area contributed by atoms with Crippen LogP contribution in [0.15, 0.2) is 11.6 Å². The second-order valence-corrected chi connectivity index (χ2v) is 5.65. The molecular weight excluding hydrogens is 188 g/mol. The fourth-order valence-electron chi connectivity index (χ4n) is 3.18. The van der Waals surface area contributed by atoms with Gasteiger partial charge in [0.05, 0.1) is 11.7 Å². The molecule has 0 bridgehead atoms. The van der Waals surface area contributed by atoms with Crippen molar-refractivity contribution in [2.75, 3.05) is 0 Å². The summed E-state index contributed by atoms with van der Waals surface area (Å²) in [5.74, 6) is 0.242. The highest BCUT2D eigenvalue weighted by Crippen LogP contribution is 2.52. The molecule has 1 unspecified atom stereocenters. The van der Waals surface area contributed by atoms with Crippen LogP contribution in [-0.2, 0) is 9.53 Å². The fraction of sp³-hybridized carbons (Fsp3) is 0.769. The Morgan fingerprint density at radius 2 is 2.13 bits per heavy atom. The largest absolute Gasteiger partial charge is 0.367 e. The Morgan fingerprint density at radius 1 is 1.47 bits per heavy atom. The first-order valence-electron chi connectivity index (χ1n) is 5.77. The summed E-state index contributed by atoms with van der Waals surface area (Å²) in [6.07, 6.45) is 4.86. The van der Waals surface area contributed by atoms with Crippen LogP contribution < -0.4 is 0 Å². The second kappa shape index (κ2) is 3.18. The summed E-state index contributed by atoms with van der Waals surface area (Å²) < 4.78 is 6.15. The fourth-order valence-corrected chi connectivity index (χ4v) is 3.18. The first-order valence-corrected chi connectivity index (χ1v) is 5.77. The molecule has 2 rings (SSSR count). The van der Waals surface area contributed by atoms with E-state index < -0.39 is 0 Å². The quantitative estimate of drug-likeness (QED) is 0.612. The highest BCUT2D eigenvalue weighted by atomic mass is 16.5. The van der Waals surface area contributed by atoms with Crippen molar-refractivity contribution in [3.05, 3.63) is 11.6 Å². The second-order valence-electron chi connectivity index (χ2n) is 5.65. The molecule has 2 heteroatoms. The van der Waals surface area contributed by atoms with Gasteiger partial charge in [-0.15, -0.1) is 0 Å². The Morgan fingerprint density at radius 3 is 2.60 bits per heavy atom. The molecule has 1 aliphatic carbocycles. The monoisotopic (exact) mass is 208 g/mol. The van der Waals surface area contributed by atoms with E-state index in [1.165, 1.54) is 0 Å². The van der Waals surface area contributed by atoms with Crippen LogP contribution in [0.4, 0.5) is 0 Å². The maximum atomic E-state index is 11.6. The van der Waals surface area contributed by atoms with E-state index in [4.69, 9.17) is 4.74 Å². The van der Waals surface area contributed by atoms with Gasteiger partial charge in [0.15, 0.2) is 5.78 Å². The SMILES string of the molecule is CC1=CC(=O)CC(C)(C)C12CC[C@@H](C)O2. The highest BCUT2D eigenvalue weighted by molar-refractivity contribution is 5.92. The predicted octanol–water partition coefficient (Wildman–Crippen LogP) is 2.87. The maximum Gasteiger partial charge on any atom is 0.156 e. The van der Waals surface area contributed by atoms with Crippen LogP contribution >= 0.6 is 0 Å². The van der Waals surface area contributed by atoms with E-state index in [1.807, 2.05) is 6.92 Å². The zero-order valence-electron chi connectivity index (χ0n) is 10.1. The first-order chi connectivity index (χ1) is 6.87. The van der Waals surface area contributed by atoms with Gasteiger partial charge in [-0.2, -0.15) is 0 Å². The summed E-state index contributed by atoms with van der Waals surface area (Å²) in [5, 5.41) is 0. The molecule has 0 aromatic carbocycles. The van der Waals surface area contributed by atoms with Crippen molar-refractivity contribution in [3.8, 4) is 0 Å². The summed E-state index contributed by atoms with van der Waals surface area (Å²) in [4.78, 5) is 11.6. The van der Waals surface area contributed by atoms with Gasteiger partial charge in [0, 0.05) is 11.8 Å². The van der Waals surface area contributed by atoms with Crippen LogP contribution in [0.2, 0.25) is 0 Å². The Bertz CT molecular complexity index is 327. The van der Waals surface area contributed by atoms with Gasteiger partial charge in [-0.05, 0) is 38.3 Å². The molecule has 0 aromatic rings. The van der Waals surface area contributed by atoms with Gasteiger partial charge in [-0.1, -0.05) is 13.8 Å². The maximum absolute atomic E-state index is 11.6. The molecule has 0 aromatic heterocycles. The van der Waals surface area contributed by atoms with E-state index in [0.717, 1.165) is 18.4 Å². The predicted molar refractivity (Wildman–Crippen MR) is 59.7 cm³/mol. The minimum absolute atomic E-state index is 0.0618. The number of carbonyl (C=O) groups is 1. The number of hydrogen-bond acceptors (Lipinski definition) is 2. The summed E-state index contributed by atoms with van der Waals surface area (Å²) in [6.45, 7) is 8.46. The molecule has 84 valence electrons. The van der Waals surface area contributed by atoms with Gasteiger partial charge < -0.3 is 4.74 Å². The third-order valence-corrected chi connectivity index (χ3v) is 4.03. The van der Waals surface area contributed by atoms with Crippen LogP contribution in [0.5, 0.6) is 0 Å². The molecule has 1 fully saturated rings. The average Bonchev–Trinajstić information content (AvgIpc) is 2.45. The van der Waals surface area contributed by atoms with Crippen molar-refractivity contribution in [2.24, 2.45) is 5.41 Å². The summed E-state index contributed by atoms with van der Waals surface area (Å²) in [7, 11) is 0. The molecule has 0 N–H and O–H groups in total. The van der Waals surface area contributed by atoms with Crippen LogP contribution in [0.1, 0.15) is 47.0 Å². The third kappa shape index (κ3) is 1.46. The summed E-state index contributed by atoms with van der Waals surface area (Å²) >= 11 is 0. The lowest BCUT2D eigenvalue weighted by Crippen LogP contribution is -2.49. The molecule has 15 heavy (non-hydrogen) atoms. The van der Waals surface area contributed by atoms with E-state index in [1.54, 1.807) is 6.08 Å². The van der Waals surface area contributed by atoms with Crippen molar-refractivity contribution in [2.45, 2.75) is 58.7 Å². The Kier molecular flexibility index (Phi) is 2.30. The molecular formula is C13H20O2. The highest BCUT2D eigenvalue weighted by Gasteiger charge is 2.53. The Labute approximate surface area is 91.7 Å². The van der Waals surface area contributed by atoms with Crippen molar-refractivity contribution >= 4 is 5.78 Å². The first kappa shape index (κ1) is 10.9. The smallest absolute Gasteiger partial charge is 0.156 e. The van der Waals surface area contributed by atoms with Crippen LogP contribution in [0.25, 0.3) is 0 Å². The minimum Gasteiger partial charge on any atom is -0.367 e. The topological polar surface area (TPSA) is 26.3 Å². The lowest BCUT2D eigenvalue weighted by atomic mass is 9.63. The molecule has 2 atom stereocenters. The third-order valence-electron chi connectivity index (χ3n) is 4.03. The Hall–Kier alpha value is -0.630. The molecule has 0 radical (unpaired) electrons. The summed E-state index contributed by atoms with van der Waals surface area (Å²) in [5.41, 5.74) is 0.877. The lowest BCUT2D eigenvalue weighted by Gasteiger charge is -2.46. The molecule has 0 saturated carbocycles. The van der Waals surface area contributed by atoms with E-state index in [9.17, 15) is 4.79 Å². The van der Waals surface area contributed by atoms with Crippen molar-refractivity contribution in [1.29, 1.82) is 0 Å². The Balaban J connectivity index is 2.44. The molecule has 1 aliphatic heterocycles. The van der Waals surface area contributed by atoms with Crippen molar-refractivity contribution in [3.63, 3.8) is 0 Å². The molecule has 1 spiro atoms. The molecule has 0 amide bonds. The standard InChI is InChI=1S/C13H20O2/c1-9-7-11(14)8-12(3,4)13(9)6-5-10(2)15-13/h7,10H,5-6,8H2,1-4H3/t10-,13?/m1/s1. The molecule has 2 aliphatic rings. The normalized spacial score (nSPS) is 39.6. The van der Waals surface area contributed by atoms with Gasteiger partial charge in [-0.25, -0.2) is 0 Å². The summed E-state index contributed by atoms with van der Waals surface area (Å²) in [6, 6.07) is 0. The minimum atomic E-state index is -0.180. The van der Waals surface area contributed by atoms with Gasteiger partial charge in [0.2, 0.25) is 0 Å². The number of hydrogen-bond donors (Lipinski definition) is 0. The average molecular weight is 208 g/mol. The molecule has 1 saturated heterocycles. The zero-order chi connectivity index (χ0) is 11.3. The van der Waals surface area contributed by atoms with Crippen LogP contribution in [0, 0.1) is 5.41 Å². The number of rotatable bonds is 0. The van der Waals surface area contributed by atoms with Crippen molar-refractivity contribution in [1.82, 2.24) is 0 Å².